The summed E-state index contributed by atoms with van der Waals surface area (Å²) in [5.41, 5.74) is 3.21. The summed E-state index contributed by atoms with van der Waals surface area (Å²) in [5, 5.41) is 20.2. The number of phosphoric acid groups is 1. The summed E-state index contributed by atoms with van der Waals surface area (Å²) in [5.74, 6) is -0.351. The maximum absolute atomic E-state index is 11.4. The second-order valence-electron chi connectivity index (χ2n) is 6.60. The molecular weight excluding hydrogens is 443 g/mol. The molecule has 0 aliphatic carbocycles. The van der Waals surface area contributed by atoms with Gasteiger partial charge in [0.15, 0.2) is 0 Å². The predicted octanol–water partition coefficient (Wildman–Crippen LogP) is 3.89. The maximum Gasteiger partial charge on any atom is 0.527 e. The van der Waals surface area contributed by atoms with E-state index in [0.717, 1.165) is 10.1 Å². The van der Waals surface area contributed by atoms with Gasteiger partial charge < -0.3 is 9.63 Å². The van der Waals surface area contributed by atoms with E-state index in [4.69, 9.17) is 16.9 Å². The average molecular weight is 457 g/mol. The smallest absolute Gasteiger partial charge is 0.493 e. The number of nitrogens with zero attached hydrogens (tertiary/aromatic N) is 4. The van der Waals surface area contributed by atoms with Crippen molar-refractivity contribution in [1.82, 2.24) is 9.55 Å². The van der Waals surface area contributed by atoms with Gasteiger partial charge in [-0.3, -0.25) is 19.3 Å². The fourth-order valence-electron chi connectivity index (χ4n) is 3.05. The highest BCUT2D eigenvalue weighted by atomic mass is 35.5. The molecule has 0 amide bonds. The lowest BCUT2D eigenvalue weighted by molar-refractivity contribution is 0.268. The molecule has 0 bridgehead atoms. The maximum atomic E-state index is 11.4. The molecule has 0 spiro atoms. The van der Waals surface area contributed by atoms with E-state index in [9.17, 15) is 19.5 Å². The van der Waals surface area contributed by atoms with Crippen LogP contribution >= 0.6 is 19.4 Å². The normalized spacial score (nSPS) is 13.9. The molecule has 2 heterocycles. The lowest BCUT2D eigenvalue weighted by Gasteiger charge is -2.10. The van der Waals surface area contributed by atoms with Gasteiger partial charge in [-0.15, -0.1) is 0 Å². The number of halogens is 1. The van der Waals surface area contributed by atoms with Crippen molar-refractivity contribution in [2.75, 3.05) is 0 Å². The molecule has 1 aliphatic heterocycles. The van der Waals surface area contributed by atoms with Gasteiger partial charge in [0.1, 0.15) is 5.69 Å². The number of aliphatic imine (C=N–C) groups is 1. The van der Waals surface area contributed by atoms with Crippen molar-refractivity contribution in [3.8, 4) is 18.0 Å². The molecule has 1 aromatic heterocycles. The highest BCUT2D eigenvalue weighted by Crippen LogP contribution is 2.41. The van der Waals surface area contributed by atoms with Crippen molar-refractivity contribution in [3.63, 3.8) is 0 Å². The van der Waals surface area contributed by atoms with Gasteiger partial charge in [-0.1, -0.05) is 29.8 Å². The molecule has 1 aliphatic rings. The Morgan fingerprint density at radius 1 is 1.23 bits per heavy atom. The Balaban J connectivity index is 1.75. The Morgan fingerprint density at radius 3 is 2.65 bits per heavy atom. The van der Waals surface area contributed by atoms with Crippen molar-refractivity contribution < 1.29 is 24.0 Å². The Kier molecular flexibility index (Phi) is 5.39. The van der Waals surface area contributed by atoms with Crippen LogP contribution < -0.4 is 4.52 Å². The minimum absolute atomic E-state index is 0.00331. The SMILES string of the molecule is N#Cc1ccc(Cn2c(OP(=O)(O)O)nc(/C=C3\C=Nc4cc(Cl)ccc43)c2O)cc1. The summed E-state index contributed by atoms with van der Waals surface area (Å²) in [6.45, 7) is 0.00331. The third-order valence-electron chi connectivity index (χ3n) is 4.46. The molecule has 0 atom stereocenters. The van der Waals surface area contributed by atoms with Crippen LogP contribution in [0.3, 0.4) is 0 Å². The first-order chi connectivity index (χ1) is 14.7. The fraction of sp³-hybridized carbons (Fsp3) is 0.0500. The third kappa shape index (κ3) is 4.53. The number of fused-ring (bicyclic) bond motifs is 1. The van der Waals surface area contributed by atoms with Gasteiger partial charge in [0, 0.05) is 22.4 Å². The number of imidazole rings is 1. The Labute approximate surface area is 181 Å². The Bertz CT molecular complexity index is 1320. The molecule has 2 aromatic carbocycles. The summed E-state index contributed by atoms with van der Waals surface area (Å²) < 4.78 is 17.2. The fourth-order valence-corrected chi connectivity index (χ4v) is 3.57. The van der Waals surface area contributed by atoms with E-state index in [0.29, 0.717) is 27.4 Å². The molecule has 0 saturated carbocycles. The number of nitriles is 1. The largest absolute Gasteiger partial charge is 0.527 e. The van der Waals surface area contributed by atoms with Gasteiger partial charge in [-0.05, 0) is 35.9 Å². The molecule has 4 rings (SSSR count). The van der Waals surface area contributed by atoms with Gasteiger partial charge in [0.2, 0.25) is 5.88 Å². The number of aromatic nitrogens is 2. The summed E-state index contributed by atoms with van der Waals surface area (Å²) in [6.07, 6.45) is 3.10. The molecule has 9 nitrogen and oxygen atoms in total. The molecule has 0 unspecified atom stereocenters. The number of allylic oxidation sites excluding steroid dienone is 1. The quantitative estimate of drug-likeness (QED) is 0.494. The number of hydrogen-bond acceptors (Lipinski definition) is 6. The molecule has 156 valence electrons. The average Bonchev–Trinajstić information content (AvgIpc) is 3.23. The van der Waals surface area contributed by atoms with Crippen LogP contribution in [-0.4, -0.2) is 30.7 Å². The standard InChI is InChI=1S/C20H14ClN4O5P/c21-15-5-6-16-14(10-23-17(16)8-15)7-18-19(26)25(20(24-18)30-31(27,28)29)11-13-3-1-12(9-22)2-4-13/h1-8,10,26H,11H2,(H2,27,28,29)/b14-7+. The summed E-state index contributed by atoms with van der Waals surface area (Å²) in [6, 6.07) is 13.2. The minimum atomic E-state index is -4.93. The first-order valence-electron chi connectivity index (χ1n) is 8.83. The third-order valence-corrected chi connectivity index (χ3v) is 5.10. The molecular formula is C20H14ClN4O5P. The topological polar surface area (TPSA) is 141 Å². The zero-order chi connectivity index (χ0) is 22.2. The van der Waals surface area contributed by atoms with E-state index in [1.807, 2.05) is 6.07 Å². The Morgan fingerprint density at radius 2 is 1.97 bits per heavy atom. The summed E-state index contributed by atoms with van der Waals surface area (Å²) in [7, 11) is -4.93. The van der Waals surface area contributed by atoms with Crippen LogP contribution in [0.2, 0.25) is 5.02 Å². The number of hydrogen-bond donors (Lipinski definition) is 3. The summed E-state index contributed by atoms with van der Waals surface area (Å²) >= 11 is 5.98. The van der Waals surface area contributed by atoms with E-state index in [1.165, 1.54) is 6.08 Å². The van der Waals surface area contributed by atoms with Crippen LogP contribution in [0.1, 0.15) is 22.4 Å². The summed E-state index contributed by atoms with van der Waals surface area (Å²) in [4.78, 5) is 26.8. The van der Waals surface area contributed by atoms with E-state index >= 15 is 0 Å². The van der Waals surface area contributed by atoms with E-state index in [2.05, 4.69) is 14.5 Å². The zero-order valence-electron chi connectivity index (χ0n) is 15.7. The minimum Gasteiger partial charge on any atom is -0.493 e. The van der Waals surface area contributed by atoms with Gasteiger partial charge in [-0.25, -0.2) is 4.57 Å². The van der Waals surface area contributed by atoms with Gasteiger partial charge in [-0.2, -0.15) is 10.2 Å². The molecule has 0 fully saturated rings. The van der Waals surface area contributed by atoms with Crippen molar-refractivity contribution in [2.24, 2.45) is 4.99 Å². The van der Waals surface area contributed by atoms with E-state index < -0.39 is 13.8 Å². The highest BCUT2D eigenvalue weighted by Gasteiger charge is 2.25. The Hall–Kier alpha value is -3.41. The number of rotatable bonds is 5. The molecule has 3 N–H and O–H groups in total. The van der Waals surface area contributed by atoms with Crippen molar-refractivity contribution in [3.05, 3.63) is 69.9 Å². The van der Waals surface area contributed by atoms with Gasteiger partial charge >= 0.3 is 13.8 Å². The van der Waals surface area contributed by atoms with Crippen LogP contribution in [0.25, 0.3) is 11.6 Å². The van der Waals surface area contributed by atoms with Crippen LogP contribution in [0.15, 0.2) is 47.5 Å². The second kappa shape index (κ2) is 8.02. The lowest BCUT2D eigenvalue weighted by atomic mass is 10.1. The van der Waals surface area contributed by atoms with E-state index in [-0.39, 0.29) is 18.1 Å². The van der Waals surface area contributed by atoms with Crippen LogP contribution in [0, 0.1) is 11.3 Å². The van der Waals surface area contributed by atoms with Crippen LogP contribution in [0.4, 0.5) is 5.69 Å². The predicted molar refractivity (Wildman–Crippen MR) is 114 cm³/mol. The monoisotopic (exact) mass is 456 g/mol. The number of aromatic hydroxyl groups is 1. The van der Waals surface area contributed by atoms with E-state index in [1.54, 1.807) is 48.7 Å². The van der Waals surface area contributed by atoms with Crippen LogP contribution in [0.5, 0.6) is 11.9 Å². The van der Waals surface area contributed by atoms with Crippen molar-refractivity contribution >= 4 is 43.0 Å². The zero-order valence-corrected chi connectivity index (χ0v) is 17.3. The second-order valence-corrected chi connectivity index (χ2v) is 8.20. The molecule has 11 heteroatoms. The van der Waals surface area contributed by atoms with Gasteiger partial charge in [0.25, 0.3) is 0 Å². The molecule has 0 radical (unpaired) electrons. The lowest BCUT2D eigenvalue weighted by Crippen LogP contribution is -2.03. The van der Waals surface area contributed by atoms with Crippen molar-refractivity contribution in [1.29, 1.82) is 5.26 Å². The highest BCUT2D eigenvalue weighted by molar-refractivity contribution is 7.46. The molecule has 3 aromatic rings. The molecule has 31 heavy (non-hydrogen) atoms. The molecule has 0 saturated heterocycles. The first kappa shape index (κ1) is 20.8. The van der Waals surface area contributed by atoms with Crippen molar-refractivity contribution in [2.45, 2.75) is 6.54 Å². The van der Waals surface area contributed by atoms with Gasteiger partial charge in [0.05, 0.1) is 23.9 Å². The number of phosphoric ester groups is 1. The van der Waals surface area contributed by atoms with Crippen LogP contribution in [-0.2, 0) is 11.1 Å². The first-order valence-corrected chi connectivity index (χ1v) is 10.7. The number of benzene rings is 2.